The highest BCUT2D eigenvalue weighted by atomic mass is 35.5. The summed E-state index contributed by atoms with van der Waals surface area (Å²) >= 11 is 12.0. The van der Waals surface area contributed by atoms with E-state index in [1.165, 1.54) is 6.42 Å². The normalized spacial score (nSPS) is 24.2. The van der Waals surface area contributed by atoms with E-state index in [4.69, 9.17) is 27.9 Å². The molecule has 1 aromatic carbocycles. The zero-order valence-electron chi connectivity index (χ0n) is 9.88. The summed E-state index contributed by atoms with van der Waals surface area (Å²) in [6.07, 6.45) is 3.81. The van der Waals surface area contributed by atoms with E-state index in [0.29, 0.717) is 17.2 Å². The van der Waals surface area contributed by atoms with Crippen LogP contribution in [0.3, 0.4) is 0 Å². The van der Waals surface area contributed by atoms with Gasteiger partial charge in [-0.25, -0.2) is 0 Å². The molecule has 94 valence electrons. The molecular formula is C13H17Cl2NO. The van der Waals surface area contributed by atoms with Gasteiger partial charge in [0.2, 0.25) is 0 Å². The van der Waals surface area contributed by atoms with Crippen LogP contribution >= 0.6 is 23.2 Å². The smallest absolute Gasteiger partial charge is 0.0586 e. The molecule has 0 spiro atoms. The van der Waals surface area contributed by atoms with Crippen LogP contribution in [0.15, 0.2) is 18.2 Å². The maximum atomic E-state index is 6.12. The second kappa shape index (κ2) is 6.05. The number of halogens is 2. The Morgan fingerprint density at radius 3 is 2.82 bits per heavy atom. The fourth-order valence-electron chi connectivity index (χ4n) is 2.26. The van der Waals surface area contributed by atoms with E-state index in [1.807, 2.05) is 12.1 Å². The second-order valence-electron chi connectivity index (χ2n) is 4.48. The van der Waals surface area contributed by atoms with Gasteiger partial charge in [-0.2, -0.15) is 0 Å². The number of hydrogen-bond acceptors (Lipinski definition) is 2. The van der Waals surface area contributed by atoms with Gasteiger partial charge in [0, 0.05) is 29.7 Å². The van der Waals surface area contributed by atoms with Crippen LogP contribution in [0.2, 0.25) is 10.0 Å². The minimum Gasteiger partial charge on any atom is -0.381 e. The zero-order valence-corrected chi connectivity index (χ0v) is 11.4. The first-order chi connectivity index (χ1) is 8.19. The Labute approximate surface area is 112 Å². The monoisotopic (exact) mass is 273 g/mol. The highest BCUT2D eigenvalue weighted by molar-refractivity contribution is 6.35. The molecule has 0 saturated heterocycles. The van der Waals surface area contributed by atoms with E-state index in [0.717, 1.165) is 30.0 Å². The largest absolute Gasteiger partial charge is 0.381 e. The van der Waals surface area contributed by atoms with Crippen LogP contribution in [-0.4, -0.2) is 19.3 Å². The van der Waals surface area contributed by atoms with Gasteiger partial charge in [-0.3, -0.25) is 0 Å². The SMILES string of the molecule is COC1CCC(NCc2ccc(Cl)cc2Cl)C1. The number of rotatable bonds is 4. The predicted molar refractivity (Wildman–Crippen MR) is 71.7 cm³/mol. The lowest BCUT2D eigenvalue weighted by Crippen LogP contribution is -2.26. The molecule has 0 amide bonds. The molecule has 2 unspecified atom stereocenters. The number of ether oxygens (including phenoxy) is 1. The molecule has 2 nitrogen and oxygen atoms in total. The average molecular weight is 274 g/mol. The Bertz CT molecular complexity index is 384. The Balaban J connectivity index is 1.86. The van der Waals surface area contributed by atoms with E-state index in [9.17, 15) is 0 Å². The van der Waals surface area contributed by atoms with Crippen molar-refractivity contribution in [3.8, 4) is 0 Å². The van der Waals surface area contributed by atoms with Crippen molar-refractivity contribution in [2.45, 2.75) is 38.0 Å². The number of nitrogens with one attached hydrogen (secondary N) is 1. The number of benzene rings is 1. The molecule has 0 bridgehead atoms. The van der Waals surface area contributed by atoms with Crippen molar-refractivity contribution >= 4 is 23.2 Å². The minimum absolute atomic E-state index is 0.410. The molecule has 1 fully saturated rings. The van der Waals surface area contributed by atoms with Gasteiger partial charge >= 0.3 is 0 Å². The molecule has 17 heavy (non-hydrogen) atoms. The van der Waals surface area contributed by atoms with Crippen LogP contribution in [0.4, 0.5) is 0 Å². The van der Waals surface area contributed by atoms with E-state index in [2.05, 4.69) is 5.32 Å². The van der Waals surface area contributed by atoms with Crippen molar-refractivity contribution < 1.29 is 4.74 Å². The summed E-state index contributed by atoms with van der Waals surface area (Å²) in [4.78, 5) is 0. The van der Waals surface area contributed by atoms with Crippen molar-refractivity contribution in [2.75, 3.05) is 7.11 Å². The van der Waals surface area contributed by atoms with Crippen molar-refractivity contribution in [1.82, 2.24) is 5.32 Å². The Morgan fingerprint density at radius 2 is 2.18 bits per heavy atom. The van der Waals surface area contributed by atoms with Gasteiger partial charge in [-0.15, -0.1) is 0 Å². The van der Waals surface area contributed by atoms with Crippen LogP contribution < -0.4 is 5.32 Å². The molecule has 2 rings (SSSR count). The lowest BCUT2D eigenvalue weighted by atomic mass is 10.2. The molecule has 1 aromatic rings. The minimum atomic E-state index is 0.410. The number of methoxy groups -OCH3 is 1. The Morgan fingerprint density at radius 1 is 1.35 bits per heavy atom. The fourth-order valence-corrected chi connectivity index (χ4v) is 2.73. The molecule has 0 radical (unpaired) electrons. The molecule has 1 saturated carbocycles. The molecule has 1 aliphatic rings. The van der Waals surface area contributed by atoms with Gasteiger partial charge in [-0.05, 0) is 37.0 Å². The molecule has 0 heterocycles. The van der Waals surface area contributed by atoms with Gasteiger partial charge in [0.15, 0.2) is 0 Å². The fraction of sp³-hybridized carbons (Fsp3) is 0.538. The van der Waals surface area contributed by atoms with Gasteiger partial charge in [-0.1, -0.05) is 29.3 Å². The highest BCUT2D eigenvalue weighted by Gasteiger charge is 2.23. The molecule has 0 aliphatic heterocycles. The molecule has 0 aromatic heterocycles. The van der Waals surface area contributed by atoms with Crippen molar-refractivity contribution in [3.63, 3.8) is 0 Å². The lowest BCUT2D eigenvalue weighted by molar-refractivity contribution is 0.107. The summed E-state index contributed by atoms with van der Waals surface area (Å²) in [6, 6.07) is 6.16. The van der Waals surface area contributed by atoms with Crippen molar-refractivity contribution in [2.24, 2.45) is 0 Å². The number of hydrogen-bond donors (Lipinski definition) is 1. The molecular weight excluding hydrogens is 257 g/mol. The third-order valence-corrected chi connectivity index (χ3v) is 3.90. The van der Waals surface area contributed by atoms with E-state index in [1.54, 1.807) is 13.2 Å². The Hall–Kier alpha value is -0.280. The second-order valence-corrected chi connectivity index (χ2v) is 5.33. The zero-order chi connectivity index (χ0) is 12.3. The highest BCUT2D eigenvalue weighted by Crippen LogP contribution is 2.24. The topological polar surface area (TPSA) is 21.3 Å². The first kappa shape index (κ1) is 13.2. The van der Waals surface area contributed by atoms with Crippen LogP contribution in [0.1, 0.15) is 24.8 Å². The predicted octanol–water partition coefficient (Wildman–Crippen LogP) is 3.65. The van der Waals surface area contributed by atoms with Gasteiger partial charge < -0.3 is 10.1 Å². The summed E-state index contributed by atoms with van der Waals surface area (Å²) in [5.74, 6) is 0. The summed E-state index contributed by atoms with van der Waals surface area (Å²) in [5.41, 5.74) is 1.09. The first-order valence-corrected chi connectivity index (χ1v) is 6.64. The van der Waals surface area contributed by atoms with Crippen LogP contribution in [0.5, 0.6) is 0 Å². The molecule has 1 aliphatic carbocycles. The third-order valence-electron chi connectivity index (χ3n) is 3.31. The van der Waals surface area contributed by atoms with E-state index in [-0.39, 0.29) is 0 Å². The standard InChI is InChI=1S/C13H17Cl2NO/c1-17-12-5-4-11(7-12)16-8-9-2-3-10(14)6-13(9)15/h2-3,6,11-12,16H,4-5,7-8H2,1H3. The van der Waals surface area contributed by atoms with Crippen LogP contribution in [0, 0.1) is 0 Å². The first-order valence-electron chi connectivity index (χ1n) is 5.89. The van der Waals surface area contributed by atoms with Crippen LogP contribution in [-0.2, 0) is 11.3 Å². The van der Waals surface area contributed by atoms with Crippen molar-refractivity contribution in [1.29, 1.82) is 0 Å². The maximum Gasteiger partial charge on any atom is 0.0586 e. The Kier molecular flexibility index (Phi) is 4.69. The lowest BCUT2D eigenvalue weighted by Gasteiger charge is -2.13. The van der Waals surface area contributed by atoms with Crippen molar-refractivity contribution in [3.05, 3.63) is 33.8 Å². The quantitative estimate of drug-likeness (QED) is 0.904. The summed E-state index contributed by atoms with van der Waals surface area (Å²) in [5, 5.41) is 4.92. The molecule has 1 N–H and O–H groups in total. The molecule has 2 atom stereocenters. The summed E-state index contributed by atoms with van der Waals surface area (Å²) in [6.45, 7) is 0.789. The maximum absolute atomic E-state index is 6.12. The average Bonchev–Trinajstić information content (AvgIpc) is 2.76. The van der Waals surface area contributed by atoms with Crippen LogP contribution in [0.25, 0.3) is 0 Å². The van der Waals surface area contributed by atoms with E-state index >= 15 is 0 Å². The summed E-state index contributed by atoms with van der Waals surface area (Å²) < 4.78 is 5.35. The van der Waals surface area contributed by atoms with E-state index < -0.39 is 0 Å². The van der Waals surface area contributed by atoms with Gasteiger partial charge in [0.25, 0.3) is 0 Å². The van der Waals surface area contributed by atoms with Gasteiger partial charge in [0.1, 0.15) is 0 Å². The molecule has 4 heteroatoms. The third kappa shape index (κ3) is 3.59. The van der Waals surface area contributed by atoms with Gasteiger partial charge in [0.05, 0.1) is 6.10 Å². The summed E-state index contributed by atoms with van der Waals surface area (Å²) in [7, 11) is 1.78.